The van der Waals surface area contributed by atoms with Crippen LogP contribution in [0.3, 0.4) is 0 Å². The third kappa shape index (κ3) is 5.29. The fraction of sp³-hybridized carbons (Fsp3) is 0.261. The number of rotatable bonds is 5. The average Bonchev–Trinajstić information content (AvgIpc) is 3.15. The summed E-state index contributed by atoms with van der Waals surface area (Å²) >= 11 is 0. The Balaban J connectivity index is 1.93. The van der Waals surface area contributed by atoms with Gasteiger partial charge in [0.2, 0.25) is 5.91 Å². The largest absolute Gasteiger partial charge is 0.359 e. The number of likely N-dealkylation sites (N-methyl/N-ethyl adjacent to an activating group) is 1. The number of hydrogen-bond donors (Lipinski definition) is 3. The minimum absolute atomic E-state index is 0.132. The number of nitrogens with zero attached hydrogens (tertiary/aromatic N) is 2. The summed E-state index contributed by atoms with van der Waals surface area (Å²) in [6, 6.07) is 11.7. The Morgan fingerprint density at radius 3 is 2.44 bits per heavy atom. The first kappa shape index (κ1) is 22.9. The van der Waals surface area contributed by atoms with Gasteiger partial charge in [0.15, 0.2) is 11.6 Å². The molecule has 1 heterocycles. The molecule has 2 aromatic carbocycles. The van der Waals surface area contributed by atoms with E-state index in [0.29, 0.717) is 17.2 Å². The van der Waals surface area contributed by atoms with Crippen molar-refractivity contribution in [2.24, 2.45) is 0 Å². The maximum atomic E-state index is 13.9. The van der Waals surface area contributed by atoms with Gasteiger partial charge >= 0.3 is 6.03 Å². The molecule has 0 unspecified atom stereocenters. The minimum atomic E-state index is -1.14. The zero-order valence-corrected chi connectivity index (χ0v) is 18.3. The molecule has 3 amide bonds. The first-order chi connectivity index (χ1) is 15.1. The highest BCUT2D eigenvalue weighted by Gasteiger charge is 2.22. The van der Waals surface area contributed by atoms with Gasteiger partial charge in [-0.05, 0) is 29.8 Å². The molecule has 3 N–H and O–H groups in total. The topological polar surface area (TPSA) is 88.1 Å². The number of carbonyl (C=O) groups is 2. The number of amides is 3. The fourth-order valence-corrected chi connectivity index (χ4v) is 2.98. The molecule has 7 nitrogen and oxygen atoms in total. The molecule has 0 atom stereocenters. The number of benzene rings is 2. The summed E-state index contributed by atoms with van der Waals surface area (Å²) in [5.41, 5.74) is 1.52. The van der Waals surface area contributed by atoms with Crippen molar-refractivity contribution in [1.82, 2.24) is 15.1 Å². The maximum absolute atomic E-state index is 13.9. The van der Waals surface area contributed by atoms with E-state index < -0.39 is 17.7 Å². The Morgan fingerprint density at radius 2 is 1.75 bits per heavy atom. The van der Waals surface area contributed by atoms with E-state index in [1.807, 2.05) is 26.8 Å². The van der Waals surface area contributed by atoms with Crippen LogP contribution in [0.1, 0.15) is 32.0 Å². The zero-order valence-electron chi connectivity index (χ0n) is 18.3. The standard InChI is InChI=1S/C23H25F2N5O2/c1-23(2,3)18-13-19(28-22(32)27-17-10-6-9-16(24)21(17)25)30(29-18)15-8-5-7-14(11-15)12-20(31)26-4/h5-11,13H,12H2,1-4H3,(H,26,31)(H2,27,28,32). The van der Waals surface area contributed by atoms with E-state index in [2.05, 4.69) is 21.0 Å². The van der Waals surface area contributed by atoms with Crippen LogP contribution in [0.15, 0.2) is 48.5 Å². The predicted molar refractivity (Wildman–Crippen MR) is 119 cm³/mol. The van der Waals surface area contributed by atoms with E-state index in [4.69, 9.17) is 0 Å². The highest BCUT2D eigenvalue weighted by atomic mass is 19.2. The van der Waals surface area contributed by atoms with E-state index >= 15 is 0 Å². The Kier molecular flexibility index (Phi) is 6.57. The molecule has 3 aromatic rings. The monoisotopic (exact) mass is 441 g/mol. The molecule has 1 aromatic heterocycles. The van der Waals surface area contributed by atoms with Gasteiger partial charge in [0, 0.05) is 18.5 Å². The highest BCUT2D eigenvalue weighted by molar-refractivity contribution is 5.99. The third-order valence-corrected chi connectivity index (χ3v) is 4.72. The first-order valence-electron chi connectivity index (χ1n) is 10.0. The molecule has 0 aliphatic heterocycles. The summed E-state index contributed by atoms with van der Waals surface area (Å²) in [5.74, 6) is -2.00. The molecule has 9 heteroatoms. The number of halogens is 2. The molecular formula is C23H25F2N5O2. The van der Waals surface area contributed by atoms with Crippen molar-refractivity contribution in [3.05, 3.63) is 71.4 Å². The van der Waals surface area contributed by atoms with Crippen molar-refractivity contribution in [2.45, 2.75) is 32.6 Å². The summed E-state index contributed by atoms with van der Waals surface area (Å²) < 4.78 is 28.9. The SMILES string of the molecule is CNC(=O)Cc1cccc(-n2nc(C(C)(C)C)cc2NC(=O)Nc2cccc(F)c2F)c1. The smallest absolute Gasteiger partial charge is 0.324 e. The predicted octanol–water partition coefficient (Wildman–Crippen LogP) is 4.38. The summed E-state index contributed by atoms with van der Waals surface area (Å²) in [5, 5.41) is 12.2. The molecule has 0 aliphatic carbocycles. The lowest BCUT2D eigenvalue weighted by molar-refractivity contribution is -0.119. The van der Waals surface area contributed by atoms with Crippen LogP contribution in [0.5, 0.6) is 0 Å². The van der Waals surface area contributed by atoms with Gasteiger partial charge in [-0.25, -0.2) is 18.3 Å². The maximum Gasteiger partial charge on any atom is 0.324 e. The van der Waals surface area contributed by atoms with E-state index in [1.54, 1.807) is 31.3 Å². The van der Waals surface area contributed by atoms with Crippen molar-refractivity contribution < 1.29 is 18.4 Å². The average molecular weight is 441 g/mol. The quantitative estimate of drug-likeness (QED) is 0.549. The summed E-state index contributed by atoms with van der Waals surface area (Å²) in [4.78, 5) is 24.3. The molecule has 32 heavy (non-hydrogen) atoms. The molecule has 0 radical (unpaired) electrons. The number of hydrogen-bond acceptors (Lipinski definition) is 3. The normalized spacial score (nSPS) is 11.2. The van der Waals surface area contributed by atoms with Crippen molar-refractivity contribution in [2.75, 3.05) is 17.7 Å². The van der Waals surface area contributed by atoms with E-state index in [0.717, 1.165) is 11.6 Å². The molecule has 3 rings (SSSR count). The number of urea groups is 1. The van der Waals surface area contributed by atoms with Crippen LogP contribution in [-0.4, -0.2) is 28.8 Å². The number of carbonyl (C=O) groups excluding carboxylic acids is 2. The molecule has 0 aliphatic rings. The Hall–Kier alpha value is -3.75. The summed E-state index contributed by atoms with van der Waals surface area (Å²) in [6.45, 7) is 5.94. The fourth-order valence-electron chi connectivity index (χ4n) is 2.98. The lowest BCUT2D eigenvalue weighted by Crippen LogP contribution is -2.22. The van der Waals surface area contributed by atoms with Gasteiger partial charge < -0.3 is 10.6 Å². The van der Waals surface area contributed by atoms with E-state index in [-0.39, 0.29) is 23.4 Å². The molecule has 168 valence electrons. The molecule has 0 saturated heterocycles. The van der Waals surface area contributed by atoms with Crippen molar-refractivity contribution in [3.8, 4) is 5.69 Å². The van der Waals surface area contributed by atoms with Gasteiger partial charge in [0.25, 0.3) is 0 Å². The van der Waals surface area contributed by atoms with Crippen molar-refractivity contribution in [3.63, 3.8) is 0 Å². The van der Waals surface area contributed by atoms with Gasteiger partial charge in [-0.15, -0.1) is 0 Å². The van der Waals surface area contributed by atoms with Gasteiger partial charge in [-0.1, -0.05) is 39.0 Å². The second-order valence-corrected chi connectivity index (χ2v) is 8.28. The van der Waals surface area contributed by atoms with Gasteiger partial charge in [0.1, 0.15) is 5.82 Å². The van der Waals surface area contributed by atoms with Crippen LogP contribution < -0.4 is 16.0 Å². The second-order valence-electron chi connectivity index (χ2n) is 8.28. The van der Waals surface area contributed by atoms with Crippen LogP contribution in [0.2, 0.25) is 0 Å². The highest BCUT2D eigenvalue weighted by Crippen LogP contribution is 2.27. The van der Waals surface area contributed by atoms with Crippen molar-refractivity contribution in [1.29, 1.82) is 0 Å². The van der Waals surface area contributed by atoms with Crippen LogP contribution >= 0.6 is 0 Å². The molecule has 0 bridgehead atoms. The number of aromatic nitrogens is 2. The Labute approximate surface area is 184 Å². The number of nitrogens with one attached hydrogen (secondary N) is 3. The lowest BCUT2D eigenvalue weighted by atomic mass is 9.92. The number of anilines is 2. The minimum Gasteiger partial charge on any atom is -0.359 e. The summed E-state index contributed by atoms with van der Waals surface area (Å²) in [6.07, 6.45) is 0.194. The van der Waals surface area contributed by atoms with Crippen LogP contribution in [-0.2, 0) is 16.6 Å². The van der Waals surface area contributed by atoms with Gasteiger partial charge in [-0.3, -0.25) is 10.1 Å². The summed E-state index contributed by atoms with van der Waals surface area (Å²) in [7, 11) is 1.57. The van der Waals surface area contributed by atoms with E-state index in [9.17, 15) is 18.4 Å². The Morgan fingerprint density at radius 1 is 1.03 bits per heavy atom. The van der Waals surface area contributed by atoms with Crippen LogP contribution in [0.25, 0.3) is 5.69 Å². The van der Waals surface area contributed by atoms with Gasteiger partial charge in [0.05, 0.1) is 23.5 Å². The van der Waals surface area contributed by atoms with Crippen LogP contribution in [0, 0.1) is 11.6 Å². The lowest BCUT2D eigenvalue weighted by Gasteiger charge is -2.14. The molecular weight excluding hydrogens is 416 g/mol. The second kappa shape index (κ2) is 9.17. The van der Waals surface area contributed by atoms with Crippen molar-refractivity contribution >= 4 is 23.4 Å². The third-order valence-electron chi connectivity index (χ3n) is 4.72. The Bertz CT molecular complexity index is 1150. The first-order valence-corrected chi connectivity index (χ1v) is 10.0. The van der Waals surface area contributed by atoms with Crippen LogP contribution in [0.4, 0.5) is 25.1 Å². The van der Waals surface area contributed by atoms with E-state index in [1.165, 1.54) is 16.8 Å². The molecule has 0 fully saturated rings. The van der Waals surface area contributed by atoms with Gasteiger partial charge in [-0.2, -0.15) is 5.10 Å². The molecule has 0 spiro atoms. The zero-order chi connectivity index (χ0) is 23.5. The molecule has 0 saturated carbocycles.